The molecule has 0 saturated heterocycles. The summed E-state index contributed by atoms with van der Waals surface area (Å²) in [5.74, 6) is 0.559. The zero-order valence-corrected chi connectivity index (χ0v) is 12.5. The Balaban J connectivity index is 1.99. The van der Waals surface area contributed by atoms with Gasteiger partial charge >= 0.3 is 0 Å². The van der Waals surface area contributed by atoms with Gasteiger partial charge in [0.2, 0.25) is 0 Å². The lowest BCUT2D eigenvalue weighted by Gasteiger charge is -2.04. The van der Waals surface area contributed by atoms with Gasteiger partial charge in [0, 0.05) is 31.7 Å². The molecule has 6 nitrogen and oxygen atoms in total. The van der Waals surface area contributed by atoms with Gasteiger partial charge in [-0.1, -0.05) is 24.3 Å². The highest BCUT2D eigenvalue weighted by molar-refractivity contribution is 5.85. The molecule has 0 atom stereocenters. The molecule has 0 radical (unpaired) electrons. The fourth-order valence-corrected chi connectivity index (χ4v) is 2.26. The number of nitro groups is 1. The number of hydrogen-bond acceptors (Lipinski definition) is 4. The predicted octanol–water partition coefficient (Wildman–Crippen LogP) is 3.75. The lowest BCUT2D eigenvalue weighted by Crippen LogP contribution is -1.98. The SMILES string of the molecule is Cn1ccnc1-c1ccc(C=Nc2ccccc2)cc1[N+](=O)[O-]. The lowest BCUT2D eigenvalue weighted by molar-refractivity contribution is -0.384. The van der Waals surface area contributed by atoms with Crippen LogP contribution in [0.4, 0.5) is 11.4 Å². The molecule has 0 saturated carbocycles. The second-order valence-electron chi connectivity index (χ2n) is 4.99. The third-order valence-corrected chi connectivity index (χ3v) is 3.40. The molecule has 0 N–H and O–H groups in total. The van der Waals surface area contributed by atoms with Crippen LogP contribution in [0.2, 0.25) is 0 Å². The Kier molecular flexibility index (Phi) is 3.97. The Labute approximate surface area is 132 Å². The fourth-order valence-electron chi connectivity index (χ4n) is 2.26. The van der Waals surface area contributed by atoms with Crippen molar-refractivity contribution in [2.24, 2.45) is 12.0 Å². The summed E-state index contributed by atoms with van der Waals surface area (Å²) < 4.78 is 1.75. The van der Waals surface area contributed by atoms with Crippen molar-refractivity contribution in [3.63, 3.8) is 0 Å². The Morgan fingerprint density at radius 1 is 1.22 bits per heavy atom. The molecular formula is C17H14N4O2. The average molecular weight is 306 g/mol. The van der Waals surface area contributed by atoms with E-state index in [0.717, 1.165) is 5.69 Å². The maximum atomic E-state index is 11.4. The highest BCUT2D eigenvalue weighted by atomic mass is 16.6. The van der Waals surface area contributed by atoms with Gasteiger partial charge in [0.15, 0.2) is 0 Å². The summed E-state index contributed by atoms with van der Waals surface area (Å²) in [6, 6.07) is 14.4. The topological polar surface area (TPSA) is 73.3 Å². The molecule has 1 aromatic heterocycles. The zero-order valence-electron chi connectivity index (χ0n) is 12.5. The fraction of sp³-hybridized carbons (Fsp3) is 0.0588. The monoisotopic (exact) mass is 306 g/mol. The molecule has 114 valence electrons. The van der Waals surface area contributed by atoms with Gasteiger partial charge in [0.05, 0.1) is 16.2 Å². The number of imidazole rings is 1. The Morgan fingerprint density at radius 2 is 2.00 bits per heavy atom. The van der Waals surface area contributed by atoms with Crippen LogP contribution in [0, 0.1) is 10.1 Å². The van der Waals surface area contributed by atoms with Crippen molar-refractivity contribution >= 4 is 17.6 Å². The van der Waals surface area contributed by atoms with E-state index in [1.165, 1.54) is 6.07 Å². The first kappa shape index (κ1) is 14.6. The number of nitro benzene ring substituents is 1. The second kappa shape index (κ2) is 6.23. The minimum atomic E-state index is -0.399. The molecule has 1 heterocycles. The first-order chi connectivity index (χ1) is 11.1. The first-order valence-corrected chi connectivity index (χ1v) is 7.00. The number of aromatic nitrogens is 2. The molecule has 0 bridgehead atoms. The molecule has 6 heteroatoms. The van der Waals surface area contributed by atoms with E-state index in [1.807, 2.05) is 30.3 Å². The summed E-state index contributed by atoms with van der Waals surface area (Å²) in [6.07, 6.45) is 4.98. The summed E-state index contributed by atoms with van der Waals surface area (Å²) in [5.41, 5.74) is 1.96. The highest BCUT2D eigenvalue weighted by Crippen LogP contribution is 2.29. The van der Waals surface area contributed by atoms with Crippen molar-refractivity contribution < 1.29 is 4.92 Å². The standard InChI is InChI=1S/C17H14N4O2/c1-20-10-9-18-17(20)15-8-7-13(11-16(15)21(22)23)12-19-14-5-3-2-4-6-14/h2-12H,1H3. The van der Waals surface area contributed by atoms with Gasteiger partial charge in [0.1, 0.15) is 5.82 Å². The van der Waals surface area contributed by atoms with Crippen molar-refractivity contribution in [3.05, 3.63) is 76.6 Å². The van der Waals surface area contributed by atoms with Crippen LogP contribution in [0.5, 0.6) is 0 Å². The van der Waals surface area contributed by atoms with Gasteiger partial charge in [-0.05, 0) is 23.8 Å². The molecule has 0 spiro atoms. The van der Waals surface area contributed by atoms with Crippen molar-refractivity contribution in [1.82, 2.24) is 9.55 Å². The minimum absolute atomic E-state index is 0.0105. The lowest BCUT2D eigenvalue weighted by atomic mass is 10.1. The zero-order chi connectivity index (χ0) is 16.2. The van der Waals surface area contributed by atoms with Gasteiger partial charge in [-0.25, -0.2) is 4.98 Å². The van der Waals surface area contributed by atoms with Crippen LogP contribution in [0.3, 0.4) is 0 Å². The van der Waals surface area contributed by atoms with E-state index in [2.05, 4.69) is 9.98 Å². The largest absolute Gasteiger partial charge is 0.334 e. The van der Waals surface area contributed by atoms with E-state index in [9.17, 15) is 10.1 Å². The first-order valence-electron chi connectivity index (χ1n) is 7.00. The van der Waals surface area contributed by atoms with Gasteiger partial charge < -0.3 is 4.57 Å². The molecule has 0 fully saturated rings. The Hall–Kier alpha value is -3.28. The smallest absolute Gasteiger partial charge is 0.280 e. The quantitative estimate of drug-likeness (QED) is 0.418. The predicted molar refractivity (Wildman–Crippen MR) is 89.0 cm³/mol. The normalized spacial score (nSPS) is 11.0. The number of aliphatic imine (C=N–C) groups is 1. The molecule has 2 aromatic carbocycles. The van der Waals surface area contributed by atoms with E-state index < -0.39 is 4.92 Å². The van der Waals surface area contributed by atoms with Crippen molar-refractivity contribution in [3.8, 4) is 11.4 Å². The summed E-state index contributed by atoms with van der Waals surface area (Å²) in [5, 5.41) is 11.4. The molecular weight excluding hydrogens is 292 g/mol. The number of benzene rings is 2. The highest BCUT2D eigenvalue weighted by Gasteiger charge is 2.18. The van der Waals surface area contributed by atoms with Crippen LogP contribution in [0.25, 0.3) is 11.4 Å². The van der Waals surface area contributed by atoms with Crippen LogP contribution in [0.1, 0.15) is 5.56 Å². The van der Waals surface area contributed by atoms with Crippen molar-refractivity contribution in [2.75, 3.05) is 0 Å². The maximum absolute atomic E-state index is 11.4. The number of rotatable bonds is 4. The molecule has 0 aliphatic carbocycles. The summed E-state index contributed by atoms with van der Waals surface area (Å²) in [4.78, 5) is 19.5. The summed E-state index contributed by atoms with van der Waals surface area (Å²) in [6.45, 7) is 0. The van der Waals surface area contributed by atoms with E-state index in [-0.39, 0.29) is 5.69 Å². The molecule has 0 aliphatic rings. The van der Waals surface area contributed by atoms with Gasteiger partial charge in [-0.2, -0.15) is 0 Å². The third-order valence-electron chi connectivity index (χ3n) is 3.40. The third kappa shape index (κ3) is 3.16. The van der Waals surface area contributed by atoms with E-state index in [1.54, 1.807) is 42.4 Å². The number of aryl methyl sites for hydroxylation is 1. The maximum Gasteiger partial charge on any atom is 0.280 e. The van der Waals surface area contributed by atoms with Crippen LogP contribution in [0.15, 0.2) is 65.9 Å². The molecule has 0 aliphatic heterocycles. The van der Waals surface area contributed by atoms with Gasteiger partial charge in [-0.15, -0.1) is 0 Å². The van der Waals surface area contributed by atoms with Crippen molar-refractivity contribution in [2.45, 2.75) is 0 Å². The van der Waals surface area contributed by atoms with Gasteiger partial charge in [-0.3, -0.25) is 15.1 Å². The van der Waals surface area contributed by atoms with E-state index >= 15 is 0 Å². The number of para-hydroxylation sites is 1. The molecule has 0 unspecified atom stereocenters. The van der Waals surface area contributed by atoms with Crippen molar-refractivity contribution in [1.29, 1.82) is 0 Å². The number of hydrogen-bond donors (Lipinski definition) is 0. The van der Waals surface area contributed by atoms with E-state index in [0.29, 0.717) is 17.0 Å². The summed E-state index contributed by atoms with van der Waals surface area (Å²) >= 11 is 0. The Bertz CT molecular complexity index is 869. The van der Waals surface area contributed by atoms with E-state index in [4.69, 9.17) is 0 Å². The van der Waals surface area contributed by atoms with Crippen LogP contribution in [-0.2, 0) is 7.05 Å². The van der Waals surface area contributed by atoms with Crippen LogP contribution < -0.4 is 0 Å². The van der Waals surface area contributed by atoms with Gasteiger partial charge in [0.25, 0.3) is 5.69 Å². The number of nitrogens with zero attached hydrogens (tertiary/aromatic N) is 4. The minimum Gasteiger partial charge on any atom is -0.334 e. The molecule has 3 aromatic rings. The molecule has 0 amide bonds. The summed E-state index contributed by atoms with van der Waals surface area (Å²) in [7, 11) is 1.80. The van der Waals surface area contributed by atoms with Crippen LogP contribution in [-0.4, -0.2) is 20.7 Å². The van der Waals surface area contributed by atoms with Crippen LogP contribution >= 0.6 is 0 Å². The average Bonchev–Trinajstić information content (AvgIpc) is 2.99. The molecule has 23 heavy (non-hydrogen) atoms. The Morgan fingerprint density at radius 3 is 2.65 bits per heavy atom. The second-order valence-corrected chi connectivity index (χ2v) is 4.99. The molecule has 3 rings (SSSR count).